The topological polar surface area (TPSA) is 72.9 Å². The Kier molecular flexibility index (Phi) is 5.59. The third kappa shape index (κ3) is 3.89. The first kappa shape index (κ1) is 19.2. The van der Waals surface area contributed by atoms with E-state index in [4.69, 9.17) is 4.74 Å². The Labute approximate surface area is 151 Å². The molecule has 0 N–H and O–H groups in total. The SMILES string of the molecule is CN1C2CCC1C(COS(=O)(=O)C(F)F)C(OC(=O)c1ccccc1)C2. The van der Waals surface area contributed by atoms with E-state index in [1.807, 2.05) is 7.05 Å². The summed E-state index contributed by atoms with van der Waals surface area (Å²) in [6.07, 6.45) is 1.61. The van der Waals surface area contributed by atoms with Crippen molar-refractivity contribution in [2.24, 2.45) is 5.92 Å². The zero-order valence-corrected chi connectivity index (χ0v) is 15.1. The summed E-state index contributed by atoms with van der Waals surface area (Å²) in [5.41, 5.74) is 0.388. The van der Waals surface area contributed by atoms with Crippen LogP contribution in [0.3, 0.4) is 0 Å². The molecule has 0 radical (unpaired) electrons. The molecule has 2 fully saturated rings. The molecule has 2 heterocycles. The van der Waals surface area contributed by atoms with Crippen molar-refractivity contribution in [3.63, 3.8) is 0 Å². The maximum absolute atomic E-state index is 12.6. The second-order valence-corrected chi connectivity index (χ2v) is 8.29. The van der Waals surface area contributed by atoms with Crippen LogP contribution in [0.2, 0.25) is 0 Å². The molecule has 2 saturated heterocycles. The lowest BCUT2D eigenvalue weighted by atomic mass is 9.88. The molecule has 0 aliphatic carbocycles. The maximum atomic E-state index is 12.6. The molecule has 1 aromatic carbocycles. The average Bonchev–Trinajstić information content (AvgIpc) is 2.86. The first-order chi connectivity index (χ1) is 12.3. The van der Waals surface area contributed by atoms with Gasteiger partial charge in [-0.15, -0.1) is 0 Å². The molecule has 0 spiro atoms. The number of esters is 1. The van der Waals surface area contributed by atoms with Crippen LogP contribution < -0.4 is 0 Å². The monoisotopic (exact) mass is 389 g/mol. The summed E-state index contributed by atoms with van der Waals surface area (Å²) >= 11 is 0. The lowest BCUT2D eigenvalue weighted by Crippen LogP contribution is -2.52. The molecule has 26 heavy (non-hydrogen) atoms. The number of carbonyl (C=O) groups is 1. The van der Waals surface area contributed by atoms with Crippen LogP contribution in [-0.2, 0) is 19.0 Å². The van der Waals surface area contributed by atoms with Gasteiger partial charge in [-0.05, 0) is 32.0 Å². The van der Waals surface area contributed by atoms with Gasteiger partial charge in [0.2, 0.25) is 0 Å². The number of halogens is 2. The highest BCUT2D eigenvalue weighted by Gasteiger charge is 2.48. The van der Waals surface area contributed by atoms with Gasteiger partial charge in [-0.2, -0.15) is 17.2 Å². The van der Waals surface area contributed by atoms with E-state index in [0.717, 1.165) is 12.8 Å². The minimum Gasteiger partial charge on any atom is -0.458 e. The van der Waals surface area contributed by atoms with Crippen LogP contribution in [0, 0.1) is 5.92 Å². The van der Waals surface area contributed by atoms with Crippen LogP contribution in [0.4, 0.5) is 8.78 Å². The molecule has 2 aliphatic heterocycles. The normalized spacial score (nSPS) is 29.1. The molecule has 4 atom stereocenters. The lowest BCUT2D eigenvalue weighted by molar-refractivity contribution is -0.0462. The average molecular weight is 389 g/mol. The van der Waals surface area contributed by atoms with Crippen molar-refractivity contribution in [2.45, 2.75) is 43.2 Å². The zero-order chi connectivity index (χ0) is 18.9. The Bertz CT molecular complexity index is 743. The number of nitrogens with zero attached hydrogens (tertiary/aromatic N) is 1. The van der Waals surface area contributed by atoms with Crippen LogP contribution in [-0.4, -0.2) is 56.9 Å². The summed E-state index contributed by atoms with van der Waals surface area (Å²) in [4.78, 5) is 14.5. The van der Waals surface area contributed by atoms with Crippen molar-refractivity contribution >= 4 is 16.1 Å². The van der Waals surface area contributed by atoms with E-state index in [1.54, 1.807) is 30.3 Å². The van der Waals surface area contributed by atoms with Gasteiger partial charge in [0.1, 0.15) is 6.10 Å². The highest BCUT2D eigenvalue weighted by molar-refractivity contribution is 7.87. The van der Waals surface area contributed by atoms with Crippen molar-refractivity contribution in [1.82, 2.24) is 4.90 Å². The van der Waals surface area contributed by atoms with Gasteiger partial charge < -0.3 is 4.74 Å². The first-order valence-electron chi connectivity index (χ1n) is 8.44. The predicted octanol–water partition coefficient (Wildman–Crippen LogP) is 2.26. The fourth-order valence-corrected chi connectivity index (χ4v) is 4.34. The van der Waals surface area contributed by atoms with E-state index >= 15 is 0 Å². The van der Waals surface area contributed by atoms with Crippen LogP contribution in [0.15, 0.2) is 30.3 Å². The van der Waals surface area contributed by atoms with Gasteiger partial charge in [0, 0.05) is 24.4 Å². The van der Waals surface area contributed by atoms with E-state index < -0.39 is 40.5 Å². The maximum Gasteiger partial charge on any atom is 0.361 e. The van der Waals surface area contributed by atoms with E-state index in [2.05, 4.69) is 9.08 Å². The number of rotatable bonds is 6. The summed E-state index contributed by atoms with van der Waals surface area (Å²) in [6.45, 7) is -0.429. The van der Waals surface area contributed by atoms with Crippen molar-refractivity contribution in [1.29, 1.82) is 0 Å². The molecule has 4 unspecified atom stereocenters. The Morgan fingerprint density at radius 2 is 1.96 bits per heavy atom. The van der Waals surface area contributed by atoms with E-state index in [9.17, 15) is 22.0 Å². The van der Waals surface area contributed by atoms with Gasteiger partial charge in [0.15, 0.2) is 0 Å². The molecule has 2 aliphatic rings. The smallest absolute Gasteiger partial charge is 0.361 e. The van der Waals surface area contributed by atoms with Crippen molar-refractivity contribution in [3.8, 4) is 0 Å². The quantitative estimate of drug-likeness (QED) is 0.549. The summed E-state index contributed by atoms with van der Waals surface area (Å²) in [5, 5.41) is 0. The van der Waals surface area contributed by atoms with Gasteiger partial charge in [0.25, 0.3) is 0 Å². The van der Waals surface area contributed by atoms with E-state index in [1.165, 1.54) is 0 Å². The molecule has 6 nitrogen and oxygen atoms in total. The summed E-state index contributed by atoms with van der Waals surface area (Å²) in [6, 6.07) is 8.59. The second-order valence-electron chi connectivity index (χ2n) is 6.71. The Morgan fingerprint density at radius 3 is 2.62 bits per heavy atom. The summed E-state index contributed by atoms with van der Waals surface area (Å²) in [7, 11) is -3.02. The number of benzene rings is 1. The minimum atomic E-state index is -4.93. The zero-order valence-electron chi connectivity index (χ0n) is 14.3. The van der Waals surface area contributed by atoms with E-state index in [-0.39, 0.29) is 12.1 Å². The Morgan fingerprint density at radius 1 is 1.27 bits per heavy atom. The third-order valence-electron chi connectivity index (χ3n) is 5.28. The number of hydrogen-bond acceptors (Lipinski definition) is 6. The predicted molar refractivity (Wildman–Crippen MR) is 89.2 cm³/mol. The largest absolute Gasteiger partial charge is 0.458 e. The van der Waals surface area contributed by atoms with E-state index in [0.29, 0.717) is 12.0 Å². The van der Waals surface area contributed by atoms with Crippen molar-refractivity contribution in [2.75, 3.05) is 13.7 Å². The molecule has 9 heteroatoms. The van der Waals surface area contributed by atoms with Crippen LogP contribution >= 0.6 is 0 Å². The summed E-state index contributed by atoms with van der Waals surface area (Å²) in [5.74, 6) is -4.59. The van der Waals surface area contributed by atoms with Crippen molar-refractivity contribution in [3.05, 3.63) is 35.9 Å². The molecule has 144 valence electrons. The molecule has 1 aromatic rings. The minimum absolute atomic E-state index is 0.0739. The van der Waals surface area contributed by atoms with Gasteiger partial charge in [0.05, 0.1) is 12.2 Å². The van der Waals surface area contributed by atoms with Crippen molar-refractivity contribution < 1.29 is 30.9 Å². The fourth-order valence-electron chi connectivity index (χ4n) is 3.89. The molecule has 0 aromatic heterocycles. The second kappa shape index (κ2) is 7.58. The number of piperidine rings is 1. The Hall–Kier alpha value is -1.58. The van der Waals surface area contributed by atoms with Gasteiger partial charge in [-0.3, -0.25) is 9.08 Å². The number of fused-ring (bicyclic) bond motifs is 2. The van der Waals surface area contributed by atoms with Gasteiger partial charge in [-0.25, -0.2) is 4.79 Å². The molecule has 2 bridgehead atoms. The van der Waals surface area contributed by atoms with Crippen LogP contribution in [0.1, 0.15) is 29.6 Å². The van der Waals surface area contributed by atoms with Crippen LogP contribution in [0.5, 0.6) is 0 Å². The Balaban J connectivity index is 1.74. The molecular formula is C17H21F2NO5S. The molecule has 3 rings (SSSR count). The van der Waals surface area contributed by atoms with Gasteiger partial charge in [-0.1, -0.05) is 18.2 Å². The third-order valence-corrected chi connectivity index (χ3v) is 6.18. The number of hydrogen-bond donors (Lipinski definition) is 0. The molecular weight excluding hydrogens is 368 g/mol. The highest BCUT2D eigenvalue weighted by atomic mass is 32.2. The fraction of sp³-hybridized carbons (Fsp3) is 0.588. The summed E-state index contributed by atoms with van der Waals surface area (Å²) < 4.78 is 57.9. The van der Waals surface area contributed by atoms with Gasteiger partial charge >= 0.3 is 21.8 Å². The lowest BCUT2D eigenvalue weighted by Gasteiger charge is -2.42. The number of ether oxygens (including phenoxy) is 1. The standard InChI is InChI=1S/C17H21F2NO5S/c1-20-12-7-8-14(20)13(10-24-26(22,23)17(18)19)15(9-12)25-16(21)11-5-3-2-4-6-11/h2-6,12-15,17H,7-10H2,1H3. The highest BCUT2D eigenvalue weighted by Crippen LogP contribution is 2.40. The molecule has 0 saturated carbocycles. The number of carbonyl (C=O) groups excluding carboxylic acids is 1. The van der Waals surface area contributed by atoms with Crippen LogP contribution in [0.25, 0.3) is 0 Å². The number of alkyl halides is 2. The molecule has 0 amide bonds. The first-order valence-corrected chi connectivity index (χ1v) is 9.91.